The molecule has 0 saturated heterocycles. The molecule has 1 heterocycles. The van der Waals surface area contributed by atoms with E-state index in [0.717, 1.165) is 40.9 Å². The minimum absolute atomic E-state index is 0.221. The fourth-order valence-electron chi connectivity index (χ4n) is 4.28. The van der Waals surface area contributed by atoms with Gasteiger partial charge in [-0.15, -0.1) is 0 Å². The third-order valence-corrected chi connectivity index (χ3v) is 8.39. The van der Waals surface area contributed by atoms with Crippen LogP contribution in [0.15, 0.2) is 94.3 Å². The topological polar surface area (TPSA) is 77.0 Å². The molecular formula is C33H23ClI2N2O4. The van der Waals surface area contributed by atoms with Gasteiger partial charge in [-0.05, 0) is 111 Å². The van der Waals surface area contributed by atoms with Gasteiger partial charge in [0.2, 0.25) is 5.88 Å². The van der Waals surface area contributed by atoms with E-state index in [4.69, 9.17) is 30.2 Å². The number of rotatable bonds is 9. The maximum atomic E-state index is 10.2. The van der Waals surface area contributed by atoms with Gasteiger partial charge in [0.1, 0.15) is 41.2 Å². The molecule has 1 aromatic heterocycles. The van der Waals surface area contributed by atoms with E-state index in [1.807, 2.05) is 84.9 Å². The zero-order valence-corrected chi connectivity index (χ0v) is 27.6. The normalized spacial score (nSPS) is 11.0. The van der Waals surface area contributed by atoms with Crippen LogP contribution in [0.5, 0.6) is 17.2 Å². The first-order chi connectivity index (χ1) is 20.4. The summed E-state index contributed by atoms with van der Waals surface area (Å²) in [6.07, 6.45) is 1.69. The lowest BCUT2D eigenvalue weighted by atomic mass is 9.98. The van der Waals surface area contributed by atoms with E-state index in [0.29, 0.717) is 34.3 Å². The second-order valence-corrected chi connectivity index (χ2v) is 11.7. The zero-order valence-electron chi connectivity index (χ0n) is 22.5. The lowest BCUT2D eigenvalue weighted by Crippen LogP contribution is -2.00. The Morgan fingerprint density at radius 3 is 2.05 bits per heavy atom. The molecule has 9 heteroatoms. The first-order valence-corrected chi connectivity index (χ1v) is 15.2. The molecule has 5 rings (SSSR count). The first-order valence-electron chi connectivity index (χ1n) is 12.7. The molecule has 0 aliphatic heterocycles. The molecule has 0 saturated carbocycles. The summed E-state index contributed by atoms with van der Waals surface area (Å²) in [5, 5.41) is 10.9. The molecule has 6 nitrogen and oxygen atoms in total. The Morgan fingerprint density at radius 2 is 1.48 bits per heavy atom. The van der Waals surface area contributed by atoms with Gasteiger partial charge in [-0.2, -0.15) is 5.26 Å². The van der Waals surface area contributed by atoms with Crippen molar-refractivity contribution in [1.29, 1.82) is 5.26 Å². The number of ether oxygens (including phenoxy) is 3. The number of aliphatic imine (C=N–C) groups is 1. The summed E-state index contributed by atoms with van der Waals surface area (Å²) in [6.45, 7) is 0.360. The summed E-state index contributed by atoms with van der Waals surface area (Å²) in [6, 6.07) is 28.9. The number of hydrogen-bond acceptors (Lipinski definition) is 6. The van der Waals surface area contributed by atoms with E-state index in [1.54, 1.807) is 20.4 Å². The molecule has 0 aliphatic carbocycles. The van der Waals surface area contributed by atoms with E-state index in [1.165, 1.54) is 0 Å². The van der Waals surface area contributed by atoms with Crippen LogP contribution in [0.25, 0.3) is 22.5 Å². The Hall–Kier alpha value is -3.53. The molecule has 0 amide bonds. The Bertz CT molecular complexity index is 1770. The van der Waals surface area contributed by atoms with Crippen molar-refractivity contribution in [1.82, 2.24) is 0 Å². The predicted octanol–water partition coefficient (Wildman–Crippen LogP) is 9.69. The maximum Gasteiger partial charge on any atom is 0.238 e. The molecule has 0 unspecified atom stereocenters. The Balaban J connectivity index is 1.50. The smallest absolute Gasteiger partial charge is 0.238 e. The van der Waals surface area contributed by atoms with Crippen molar-refractivity contribution in [2.24, 2.45) is 4.99 Å². The summed E-state index contributed by atoms with van der Waals surface area (Å²) in [5.41, 5.74) is 4.36. The molecule has 5 aromatic rings. The number of furan rings is 1. The standard InChI is InChI=1S/C33H23ClI2N2O4/c1-39-24-11-7-21(8-12-24)30-26(17-37)33(42-31(30)22-9-13-25(40-2)14-10-22)38-18-20-15-28(35)32(29(36)16-20)41-19-23-5-3-4-6-27(23)34/h3-16,18H,19H2,1-2H3. The van der Waals surface area contributed by atoms with E-state index in [2.05, 4.69) is 56.2 Å². The van der Waals surface area contributed by atoms with Crippen LogP contribution < -0.4 is 14.2 Å². The van der Waals surface area contributed by atoms with Crippen molar-refractivity contribution in [3.05, 3.63) is 114 Å². The van der Waals surface area contributed by atoms with Crippen molar-refractivity contribution in [3.63, 3.8) is 0 Å². The monoisotopic (exact) mass is 800 g/mol. The average molecular weight is 801 g/mol. The quantitative estimate of drug-likeness (QED) is 0.110. The molecule has 4 aromatic carbocycles. The van der Waals surface area contributed by atoms with Gasteiger partial charge in [-0.25, -0.2) is 4.99 Å². The summed E-state index contributed by atoms with van der Waals surface area (Å²) in [5.74, 6) is 2.97. The second kappa shape index (κ2) is 13.6. The fraction of sp³-hybridized carbons (Fsp3) is 0.0909. The molecular weight excluding hydrogens is 778 g/mol. The minimum Gasteiger partial charge on any atom is -0.497 e. The lowest BCUT2D eigenvalue weighted by Gasteiger charge is -2.12. The van der Waals surface area contributed by atoms with Crippen LogP contribution in [0, 0.1) is 18.5 Å². The summed E-state index contributed by atoms with van der Waals surface area (Å²) in [7, 11) is 3.23. The van der Waals surface area contributed by atoms with Crippen molar-refractivity contribution in [2.45, 2.75) is 6.61 Å². The molecule has 0 atom stereocenters. The van der Waals surface area contributed by atoms with Crippen LogP contribution in [-0.4, -0.2) is 20.4 Å². The van der Waals surface area contributed by atoms with Gasteiger partial charge in [0, 0.05) is 27.9 Å². The van der Waals surface area contributed by atoms with Gasteiger partial charge in [-0.1, -0.05) is 41.9 Å². The number of hydrogen-bond donors (Lipinski definition) is 0. The average Bonchev–Trinajstić information content (AvgIpc) is 3.39. The highest BCUT2D eigenvalue weighted by Crippen LogP contribution is 2.43. The van der Waals surface area contributed by atoms with Gasteiger partial charge in [0.15, 0.2) is 0 Å². The summed E-state index contributed by atoms with van der Waals surface area (Å²) in [4.78, 5) is 4.64. The van der Waals surface area contributed by atoms with Gasteiger partial charge < -0.3 is 18.6 Å². The van der Waals surface area contributed by atoms with Gasteiger partial charge in [0.05, 0.1) is 21.4 Å². The maximum absolute atomic E-state index is 10.2. The van der Waals surface area contributed by atoms with E-state index in [-0.39, 0.29) is 5.88 Å². The van der Waals surface area contributed by atoms with E-state index >= 15 is 0 Å². The van der Waals surface area contributed by atoms with Crippen molar-refractivity contribution < 1.29 is 18.6 Å². The molecule has 0 spiro atoms. The molecule has 0 bridgehead atoms. The van der Waals surface area contributed by atoms with E-state index < -0.39 is 0 Å². The van der Waals surface area contributed by atoms with Crippen molar-refractivity contribution in [2.75, 3.05) is 14.2 Å². The van der Waals surface area contributed by atoms with Crippen LogP contribution in [0.2, 0.25) is 5.02 Å². The lowest BCUT2D eigenvalue weighted by molar-refractivity contribution is 0.302. The van der Waals surface area contributed by atoms with Gasteiger partial charge in [0.25, 0.3) is 0 Å². The fourth-order valence-corrected chi connectivity index (χ4v) is 6.60. The minimum atomic E-state index is 0.221. The van der Waals surface area contributed by atoms with Crippen LogP contribution in [0.4, 0.5) is 5.88 Å². The Kier molecular flexibility index (Phi) is 9.72. The predicted molar refractivity (Wildman–Crippen MR) is 182 cm³/mol. The largest absolute Gasteiger partial charge is 0.497 e. The third-order valence-electron chi connectivity index (χ3n) is 6.41. The highest BCUT2D eigenvalue weighted by atomic mass is 127. The Morgan fingerprint density at radius 1 is 0.881 bits per heavy atom. The number of benzene rings is 4. The van der Waals surface area contributed by atoms with Crippen LogP contribution in [-0.2, 0) is 6.61 Å². The highest BCUT2D eigenvalue weighted by molar-refractivity contribution is 14.1. The molecule has 0 radical (unpaired) electrons. The van der Waals surface area contributed by atoms with Crippen LogP contribution >= 0.6 is 56.8 Å². The Labute approximate surface area is 276 Å². The van der Waals surface area contributed by atoms with Gasteiger partial charge >= 0.3 is 0 Å². The highest BCUT2D eigenvalue weighted by Gasteiger charge is 2.23. The molecule has 42 heavy (non-hydrogen) atoms. The van der Waals surface area contributed by atoms with Crippen LogP contribution in [0.1, 0.15) is 16.7 Å². The van der Waals surface area contributed by atoms with Crippen LogP contribution in [0.3, 0.4) is 0 Å². The van der Waals surface area contributed by atoms with Crippen molar-refractivity contribution >= 4 is 68.9 Å². The molecule has 0 aliphatic rings. The van der Waals surface area contributed by atoms with Gasteiger partial charge in [-0.3, -0.25) is 0 Å². The number of methoxy groups -OCH3 is 2. The first kappa shape index (κ1) is 29.9. The molecule has 210 valence electrons. The number of halogens is 3. The number of nitriles is 1. The van der Waals surface area contributed by atoms with E-state index in [9.17, 15) is 5.26 Å². The summed E-state index contributed by atoms with van der Waals surface area (Å²) < 4.78 is 24.9. The zero-order chi connectivity index (χ0) is 29.6. The second-order valence-electron chi connectivity index (χ2n) is 9.01. The molecule has 0 N–H and O–H groups in total. The van der Waals surface area contributed by atoms with Crippen molar-refractivity contribution in [3.8, 4) is 45.8 Å². The third kappa shape index (κ3) is 6.59. The number of nitrogens with zero attached hydrogens (tertiary/aromatic N) is 2. The molecule has 0 fully saturated rings. The summed E-state index contributed by atoms with van der Waals surface area (Å²) >= 11 is 10.8. The SMILES string of the molecule is COc1ccc(-c2oc(N=Cc3cc(I)c(OCc4ccccc4Cl)c(I)c3)c(C#N)c2-c2ccc(OC)cc2)cc1.